The van der Waals surface area contributed by atoms with Gasteiger partial charge in [0.25, 0.3) is 5.91 Å². The van der Waals surface area contributed by atoms with Gasteiger partial charge in [0.2, 0.25) is 5.88 Å². The van der Waals surface area contributed by atoms with E-state index in [-0.39, 0.29) is 22.8 Å². The Hall–Kier alpha value is -2.83. The van der Waals surface area contributed by atoms with Crippen LogP contribution in [0.2, 0.25) is 0 Å². The number of hydrogen-bond donors (Lipinski definition) is 4. The summed E-state index contributed by atoms with van der Waals surface area (Å²) in [7, 11) is -3.46. The molecule has 1 fully saturated rings. The second-order valence-corrected chi connectivity index (χ2v) is 11.8. The van der Waals surface area contributed by atoms with Crippen LogP contribution in [0.25, 0.3) is 0 Å². The van der Waals surface area contributed by atoms with Crippen LogP contribution in [0.4, 0.5) is 14.5 Å². The third kappa shape index (κ3) is 4.57. The Morgan fingerprint density at radius 1 is 1.29 bits per heavy atom. The number of nitrogens with zero attached hydrogens (tertiary/aromatic N) is 3. The summed E-state index contributed by atoms with van der Waals surface area (Å²) in [4.78, 5) is 24.9. The maximum atomic E-state index is 14.8. The molecule has 9 nitrogen and oxygen atoms in total. The molecule has 0 spiro atoms. The minimum atomic E-state index is -3.46. The predicted octanol–water partition coefficient (Wildman–Crippen LogP) is 3.72. The van der Waals surface area contributed by atoms with Crippen LogP contribution >= 0.6 is 10.6 Å². The third-order valence-electron chi connectivity index (χ3n) is 6.18. The van der Waals surface area contributed by atoms with Crippen molar-refractivity contribution in [1.29, 1.82) is 0 Å². The monoisotopic (exact) mass is 495 g/mol. The van der Waals surface area contributed by atoms with Crippen LogP contribution in [0.15, 0.2) is 35.6 Å². The summed E-state index contributed by atoms with van der Waals surface area (Å²) >= 11 is 0. The zero-order valence-electron chi connectivity index (χ0n) is 18.8. The second-order valence-electron chi connectivity index (χ2n) is 9.13. The summed E-state index contributed by atoms with van der Waals surface area (Å²) < 4.78 is 54.6. The highest BCUT2D eigenvalue weighted by Gasteiger charge is 2.51. The number of aliphatic imine (C=N–C) groups is 1. The van der Waals surface area contributed by atoms with E-state index in [0.717, 1.165) is 18.9 Å². The molecule has 0 bridgehead atoms. The average Bonchev–Trinajstić information content (AvgIpc) is 3.62. The highest BCUT2D eigenvalue weighted by molar-refractivity contribution is 8.26. The molecule has 4 rings (SSSR count). The van der Waals surface area contributed by atoms with E-state index in [9.17, 15) is 22.7 Å². The van der Waals surface area contributed by atoms with Crippen molar-refractivity contribution in [1.82, 2.24) is 9.97 Å². The van der Waals surface area contributed by atoms with Crippen molar-refractivity contribution >= 4 is 28.0 Å². The molecule has 1 aliphatic heterocycles. The molecule has 1 aromatic carbocycles. The number of ether oxygens (including phenoxy) is 1. The lowest BCUT2D eigenvalue weighted by molar-refractivity contribution is 0.102. The van der Waals surface area contributed by atoms with E-state index in [0.29, 0.717) is 18.4 Å². The molecule has 2 aromatic rings. The number of hydrogen-bond acceptors (Lipinski definition) is 8. The Labute approximate surface area is 197 Å². The molecule has 0 radical (unpaired) electrons. The van der Waals surface area contributed by atoms with Crippen LogP contribution in [0.1, 0.15) is 42.7 Å². The van der Waals surface area contributed by atoms with Crippen molar-refractivity contribution in [2.45, 2.75) is 37.0 Å². The highest BCUT2D eigenvalue weighted by atomic mass is 32.3. The Morgan fingerprint density at radius 3 is 2.62 bits per heavy atom. The lowest BCUT2D eigenvalue weighted by Gasteiger charge is -2.53. The van der Waals surface area contributed by atoms with Crippen molar-refractivity contribution in [2.24, 2.45) is 16.6 Å². The lowest BCUT2D eigenvalue weighted by atomic mass is 9.92. The molecule has 1 saturated carbocycles. The first-order valence-corrected chi connectivity index (χ1v) is 12.4. The fourth-order valence-corrected chi connectivity index (χ4v) is 5.21. The molecule has 2 aliphatic rings. The van der Waals surface area contributed by atoms with Gasteiger partial charge in [-0.25, -0.2) is 18.7 Å². The van der Waals surface area contributed by atoms with Gasteiger partial charge in [-0.2, -0.15) is 10.6 Å². The van der Waals surface area contributed by atoms with Crippen LogP contribution in [0.5, 0.6) is 5.88 Å². The Kier molecular flexibility index (Phi) is 6.25. The average molecular weight is 496 g/mol. The summed E-state index contributed by atoms with van der Waals surface area (Å²) in [5, 5.41) is 2.56. The van der Waals surface area contributed by atoms with Crippen molar-refractivity contribution in [2.75, 3.05) is 24.4 Å². The van der Waals surface area contributed by atoms with Crippen LogP contribution in [-0.4, -0.2) is 54.6 Å². The quantitative estimate of drug-likeness (QED) is 0.458. The molecule has 1 amide bonds. The molecular weight excluding hydrogens is 468 g/mol. The zero-order valence-corrected chi connectivity index (χ0v) is 19.6. The van der Waals surface area contributed by atoms with Gasteiger partial charge in [-0.1, -0.05) is 0 Å². The molecule has 0 unspecified atom stereocenters. The minimum Gasteiger partial charge on any atom is -0.476 e. The number of nitrogens with one attached hydrogen (secondary N) is 1. The van der Waals surface area contributed by atoms with Gasteiger partial charge in [-0.3, -0.25) is 18.9 Å². The number of anilines is 1. The number of aromatic nitrogens is 2. The fourth-order valence-electron chi connectivity index (χ4n) is 3.51. The van der Waals surface area contributed by atoms with Gasteiger partial charge in [0, 0.05) is 11.3 Å². The molecule has 1 atom stereocenters. The van der Waals surface area contributed by atoms with E-state index in [1.54, 1.807) is 0 Å². The maximum Gasteiger partial charge on any atom is 0.275 e. The van der Waals surface area contributed by atoms with Crippen molar-refractivity contribution in [3.05, 3.63) is 47.7 Å². The van der Waals surface area contributed by atoms with E-state index in [4.69, 9.17) is 10.5 Å². The summed E-state index contributed by atoms with van der Waals surface area (Å²) in [6, 6.07) is 3.54. The van der Waals surface area contributed by atoms with Gasteiger partial charge in [-0.05, 0) is 50.8 Å². The molecule has 1 aromatic heterocycles. The summed E-state index contributed by atoms with van der Waals surface area (Å²) in [6.07, 6.45) is 4.86. The van der Waals surface area contributed by atoms with Gasteiger partial charge < -0.3 is 15.8 Å². The number of amides is 1. The summed E-state index contributed by atoms with van der Waals surface area (Å²) in [5.74, 6) is -1.32. The Bertz CT molecular complexity index is 1120. The number of halogens is 2. The first-order valence-electron chi connectivity index (χ1n) is 10.7. The van der Waals surface area contributed by atoms with Gasteiger partial charge in [0.05, 0.1) is 24.8 Å². The van der Waals surface area contributed by atoms with Gasteiger partial charge in [0.1, 0.15) is 34.3 Å². The molecule has 34 heavy (non-hydrogen) atoms. The van der Waals surface area contributed by atoms with E-state index >= 15 is 0 Å². The molecule has 1 aliphatic carbocycles. The third-order valence-corrected chi connectivity index (χ3v) is 8.90. The SMILES string of the molecule is CC1(C)C(N)=N[C@](CF)(c2cc(NC(=O)c3cnc(OCC4CC4)cn3)ccc2F)CS1(O)O. The van der Waals surface area contributed by atoms with Crippen molar-refractivity contribution < 1.29 is 27.4 Å². The highest BCUT2D eigenvalue weighted by Crippen LogP contribution is 2.59. The number of nitrogens with two attached hydrogens (primary N) is 1. The van der Waals surface area contributed by atoms with Gasteiger partial charge in [0.15, 0.2) is 0 Å². The summed E-state index contributed by atoms with van der Waals surface area (Å²) in [6.45, 7) is 2.31. The molecule has 0 saturated heterocycles. The summed E-state index contributed by atoms with van der Waals surface area (Å²) in [5.41, 5.74) is 3.89. The van der Waals surface area contributed by atoms with Crippen molar-refractivity contribution in [3.8, 4) is 5.88 Å². The molecule has 184 valence electrons. The zero-order chi connectivity index (χ0) is 24.7. The minimum absolute atomic E-state index is 0.000658. The van der Waals surface area contributed by atoms with E-state index in [1.807, 2.05) is 0 Å². The molecule has 12 heteroatoms. The molecule has 5 N–H and O–H groups in total. The van der Waals surface area contributed by atoms with E-state index in [2.05, 4.69) is 20.3 Å². The van der Waals surface area contributed by atoms with Crippen LogP contribution in [0, 0.1) is 11.7 Å². The topological polar surface area (TPSA) is 143 Å². The first-order chi connectivity index (χ1) is 16.0. The number of carbonyl (C=O) groups is 1. The van der Waals surface area contributed by atoms with Gasteiger partial charge >= 0.3 is 0 Å². The predicted molar refractivity (Wildman–Crippen MR) is 126 cm³/mol. The number of benzene rings is 1. The van der Waals surface area contributed by atoms with Crippen LogP contribution in [0.3, 0.4) is 0 Å². The largest absolute Gasteiger partial charge is 0.476 e. The smallest absolute Gasteiger partial charge is 0.275 e. The Balaban J connectivity index is 1.57. The fraction of sp³-hybridized carbons (Fsp3) is 0.455. The maximum absolute atomic E-state index is 14.8. The number of amidine groups is 1. The lowest BCUT2D eigenvalue weighted by Crippen LogP contribution is -2.53. The van der Waals surface area contributed by atoms with E-state index < -0.39 is 45.0 Å². The van der Waals surface area contributed by atoms with Crippen molar-refractivity contribution in [3.63, 3.8) is 0 Å². The van der Waals surface area contributed by atoms with Gasteiger partial charge in [-0.15, -0.1) is 0 Å². The standard InChI is InChI=1S/C22H27F2N5O4S/c1-21(2)20(25)29-22(11-23,12-34(21,31)32)15-7-14(5-6-16(15)24)28-19(30)17-8-27-18(9-26-17)33-10-13-3-4-13/h5-9,13,31-32H,3-4,10-12H2,1-2H3,(H2,25,29)(H,28,30)/t22-/m0/s1. The Morgan fingerprint density at radius 2 is 2.03 bits per heavy atom. The number of alkyl halides is 1. The van der Waals surface area contributed by atoms with E-state index in [1.165, 1.54) is 38.4 Å². The van der Waals surface area contributed by atoms with Crippen LogP contribution < -0.4 is 15.8 Å². The normalized spacial score (nSPS) is 24.1. The molecule has 2 heterocycles. The second kappa shape index (κ2) is 8.75. The number of carbonyl (C=O) groups excluding carboxylic acids is 1. The van der Waals surface area contributed by atoms with Crippen LogP contribution in [-0.2, 0) is 5.54 Å². The first kappa shape index (κ1) is 24.3. The number of rotatable bonds is 7. The molecular formula is C22H27F2N5O4S.